The molecule has 5 heteroatoms. The fourth-order valence-corrected chi connectivity index (χ4v) is 2.33. The van der Waals surface area contributed by atoms with Crippen molar-refractivity contribution in [3.63, 3.8) is 0 Å². The minimum absolute atomic E-state index is 0.0666. The summed E-state index contributed by atoms with van der Waals surface area (Å²) < 4.78 is 0. The first-order chi connectivity index (χ1) is 9.19. The highest BCUT2D eigenvalue weighted by Crippen LogP contribution is 2.23. The zero-order chi connectivity index (χ0) is 13.8. The lowest BCUT2D eigenvalue weighted by Crippen LogP contribution is -2.40. The Bertz CT molecular complexity index is 534. The number of amides is 1. The summed E-state index contributed by atoms with van der Waals surface area (Å²) in [6.45, 7) is 4.93. The van der Waals surface area contributed by atoms with E-state index >= 15 is 0 Å². The van der Waals surface area contributed by atoms with Crippen molar-refractivity contribution in [1.82, 2.24) is 9.88 Å². The number of carbonyl (C=O) groups excluding carboxylic acids is 1. The van der Waals surface area contributed by atoms with Crippen molar-refractivity contribution in [3.05, 3.63) is 36.5 Å². The third-order valence-corrected chi connectivity index (χ3v) is 3.33. The first-order valence-corrected chi connectivity index (χ1v) is 6.16. The number of rotatable bonds is 4. The minimum Gasteiger partial charge on any atom is -0.346 e. The third kappa shape index (κ3) is 2.43. The van der Waals surface area contributed by atoms with Gasteiger partial charge in [-0.05, 0) is 18.6 Å². The molecule has 98 valence electrons. The molecule has 1 amide bonds. The van der Waals surface area contributed by atoms with Gasteiger partial charge in [-0.15, -0.1) is 6.58 Å². The molecule has 0 spiro atoms. The molecule has 0 bridgehead atoms. The van der Waals surface area contributed by atoms with Crippen molar-refractivity contribution in [3.8, 4) is 6.07 Å². The molecule has 19 heavy (non-hydrogen) atoms. The van der Waals surface area contributed by atoms with Gasteiger partial charge in [-0.1, -0.05) is 6.08 Å². The number of pyridine rings is 1. The molecule has 0 saturated carbocycles. The van der Waals surface area contributed by atoms with E-state index in [-0.39, 0.29) is 11.9 Å². The van der Waals surface area contributed by atoms with Crippen LogP contribution in [0.25, 0.3) is 0 Å². The molecular weight excluding hydrogens is 240 g/mol. The van der Waals surface area contributed by atoms with E-state index in [0.29, 0.717) is 24.5 Å². The Hall–Kier alpha value is -2.35. The van der Waals surface area contributed by atoms with Gasteiger partial charge >= 0.3 is 0 Å². The molecule has 5 nitrogen and oxygen atoms in total. The van der Waals surface area contributed by atoms with Crippen LogP contribution in [0, 0.1) is 11.3 Å². The van der Waals surface area contributed by atoms with E-state index in [1.165, 1.54) is 0 Å². The van der Waals surface area contributed by atoms with E-state index in [1.54, 1.807) is 34.2 Å². The number of hydrogen-bond donors (Lipinski definition) is 0. The van der Waals surface area contributed by atoms with Gasteiger partial charge < -0.3 is 9.80 Å². The highest BCUT2D eigenvalue weighted by Gasteiger charge is 2.34. The molecule has 1 atom stereocenters. The maximum absolute atomic E-state index is 12.2. The average molecular weight is 256 g/mol. The molecule has 0 N–H and O–H groups in total. The van der Waals surface area contributed by atoms with Gasteiger partial charge in [0, 0.05) is 26.3 Å². The first-order valence-electron chi connectivity index (χ1n) is 6.16. The van der Waals surface area contributed by atoms with Crippen molar-refractivity contribution in [2.75, 3.05) is 25.0 Å². The SMILES string of the molecule is C=CCN1CC[C@H](N(C)c2ncccc2C#N)C1=O. The number of anilines is 1. The van der Waals surface area contributed by atoms with E-state index in [1.807, 2.05) is 7.05 Å². The largest absolute Gasteiger partial charge is 0.346 e. The van der Waals surface area contributed by atoms with Gasteiger partial charge in [-0.3, -0.25) is 4.79 Å². The van der Waals surface area contributed by atoms with Crippen molar-refractivity contribution in [2.24, 2.45) is 0 Å². The topological polar surface area (TPSA) is 60.2 Å². The molecule has 0 aromatic carbocycles. The van der Waals surface area contributed by atoms with Crippen molar-refractivity contribution in [1.29, 1.82) is 5.26 Å². The van der Waals surface area contributed by atoms with E-state index in [2.05, 4.69) is 17.6 Å². The molecule has 1 aromatic rings. The lowest BCUT2D eigenvalue weighted by molar-refractivity contribution is -0.128. The Kier molecular flexibility index (Phi) is 3.81. The monoisotopic (exact) mass is 256 g/mol. The maximum Gasteiger partial charge on any atom is 0.245 e. The van der Waals surface area contributed by atoms with Crippen LogP contribution < -0.4 is 4.90 Å². The molecule has 2 rings (SSSR count). The molecule has 0 unspecified atom stereocenters. The number of carbonyl (C=O) groups is 1. The van der Waals surface area contributed by atoms with Crippen molar-refractivity contribution >= 4 is 11.7 Å². The Morgan fingerprint density at radius 1 is 1.74 bits per heavy atom. The Balaban J connectivity index is 2.21. The van der Waals surface area contributed by atoms with Gasteiger partial charge in [0.1, 0.15) is 17.9 Å². The van der Waals surface area contributed by atoms with Gasteiger partial charge in [0.15, 0.2) is 0 Å². The van der Waals surface area contributed by atoms with E-state index in [0.717, 1.165) is 6.42 Å². The molecule has 1 fully saturated rings. The molecule has 1 aliphatic rings. The Morgan fingerprint density at radius 2 is 2.53 bits per heavy atom. The fourth-order valence-electron chi connectivity index (χ4n) is 2.33. The van der Waals surface area contributed by atoms with Crippen LogP contribution in [0.1, 0.15) is 12.0 Å². The Labute approximate surface area is 112 Å². The zero-order valence-corrected chi connectivity index (χ0v) is 10.9. The second kappa shape index (κ2) is 5.53. The van der Waals surface area contributed by atoms with Crippen LogP contribution >= 0.6 is 0 Å². The van der Waals surface area contributed by atoms with Crippen LogP contribution in [0.2, 0.25) is 0 Å². The summed E-state index contributed by atoms with van der Waals surface area (Å²) >= 11 is 0. The van der Waals surface area contributed by atoms with Gasteiger partial charge in [0.25, 0.3) is 0 Å². The van der Waals surface area contributed by atoms with Gasteiger partial charge in [0.2, 0.25) is 5.91 Å². The van der Waals surface area contributed by atoms with E-state index in [9.17, 15) is 4.79 Å². The zero-order valence-electron chi connectivity index (χ0n) is 10.9. The van der Waals surface area contributed by atoms with E-state index in [4.69, 9.17) is 5.26 Å². The highest BCUT2D eigenvalue weighted by atomic mass is 16.2. The van der Waals surface area contributed by atoms with Gasteiger partial charge in [-0.25, -0.2) is 4.98 Å². The number of hydrogen-bond acceptors (Lipinski definition) is 4. The van der Waals surface area contributed by atoms with Crippen LogP contribution in [0.4, 0.5) is 5.82 Å². The van der Waals surface area contributed by atoms with Gasteiger partial charge in [-0.2, -0.15) is 5.26 Å². The van der Waals surface area contributed by atoms with E-state index < -0.39 is 0 Å². The van der Waals surface area contributed by atoms with Crippen LogP contribution in [-0.2, 0) is 4.79 Å². The number of nitrogens with zero attached hydrogens (tertiary/aromatic N) is 4. The highest BCUT2D eigenvalue weighted by molar-refractivity contribution is 5.87. The molecule has 1 saturated heterocycles. The molecule has 1 aromatic heterocycles. The third-order valence-electron chi connectivity index (χ3n) is 3.33. The second-order valence-corrected chi connectivity index (χ2v) is 4.47. The number of likely N-dealkylation sites (tertiary alicyclic amines) is 1. The second-order valence-electron chi connectivity index (χ2n) is 4.47. The molecule has 0 aliphatic carbocycles. The van der Waals surface area contributed by atoms with Crippen LogP contribution in [0.5, 0.6) is 0 Å². The summed E-state index contributed by atoms with van der Waals surface area (Å²) in [5, 5.41) is 9.09. The standard InChI is InChI=1S/C14H16N4O/c1-3-8-18-9-6-12(14(18)19)17(2)13-11(10-15)5-4-7-16-13/h3-5,7,12H,1,6,8-9H2,2H3/t12-/m0/s1. The number of likely N-dealkylation sites (N-methyl/N-ethyl adjacent to an activating group) is 1. The predicted octanol–water partition coefficient (Wildman–Crippen LogP) is 1.18. The average Bonchev–Trinajstić information content (AvgIpc) is 2.80. The summed E-state index contributed by atoms with van der Waals surface area (Å²) in [4.78, 5) is 20.0. The summed E-state index contributed by atoms with van der Waals surface area (Å²) in [5.74, 6) is 0.626. The fraction of sp³-hybridized carbons (Fsp3) is 0.357. The number of aromatic nitrogens is 1. The van der Waals surface area contributed by atoms with Crippen LogP contribution in [-0.4, -0.2) is 42.0 Å². The maximum atomic E-state index is 12.2. The van der Waals surface area contributed by atoms with Gasteiger partial charge in [0.05, 0.1) is 5.56 Å². The normalized spacial score (nSPS) is 18.2. The number of nitriles is 1. The minimum atomic E-state index is -0.248. The summed E-state index contributed by atoms with van der Waals surface area (Å²) in [6.07, 6.45) is 4.10. The molecule has 2 heterocycles. The predicted molar refractivity (Wildman–Crippen MR) is 72.5 cm³/mol. The molecule has 0 radical (unpaired) electrons. The summed E-state index contributed by atoms with van der Waals surface area (Å²) in [7, 11) is 1.81. The summed E-state index contributed by atoms with van der Waals surface area (Å²) in [6, 6.07) is 5.28. The van der Waals surface area contributed by atoms with Crippen LogP contribution in [0.3, 0.4) is 0 Å². The lowest BCUT2D eigenvalue weighted by atomic mass is 10.2. The Morgan fingerprint density at radius 3 is 3.21 bits per heavy atom. The van der Waals surface area contributed by atoms with Crippen molar-refractivity contribution in [2.45, 2.75) is 12.5 Å². The smallest absolute Gasteiger partial charge is 0.245 e. The lowest BCUT2D eigenvalue weighted by Gasteiger charge is -2.25. The van der Waals surface area contributed by atoms with Crippen LogP contribution in [0.15, 0.2) is 31.0 Å². The molecular formula is C14H16N4O. The first kappa shape index (κ1) is 13.1. The summed E-state index contributed by atoms with van der Waals surface area (Å²) in [5.41, 5.74) is 0.486. The van der Waals surface area contributed by atoms with Crippen molar-refractivity contribution < 1.29 is 4.79 Å². The quantitative estimate of drug-likeness (QED) is 0.759. The molecule has 1 aliphatic heterocycles.